The lowest BCUT2D eigenvalue weighted by Gasteiger charge is -2.11. The molecule has 0 radical (unpaired) electrons. The van der Waals surface area contributed by atoms with Crippen LogP contribution < -0.4 is 0 Å². The summed E-state index contributed by atoms with van der Waals surface area (Å²) in [5, 5.41) is 0. The van der Waals surface area contributed by atoms with Gasteiger partial charge in [0, 0.05) is 35.5 Å². The SMILES string of the molecule is O=S(=O)(Cl)c1ccc(-c2ccncc2)c(-c2ccncc2)c1. The van der Waals surface area contributed by atoms with Crippen LogP contribution in [0.15, 0.2) is 72.1 Å². The van der Waals surface area contributed by atoms with Crippen molar-refractivity contribution in [3.63, 3.8) is 0 Å². The van der Waals surface area contributed by atoms with Crippen LogP contribution in [0.4, 0.5) is 0 Å². The fraction of sp³-hybridized carbons (Fsp3) is 0. The maximum Gasteiger partial charge on any atom is 0.261 e. The van der Waals surface area contributed by atoms with Gasteiger partial charge in [-0.05, 0) is 58.7 Å². The molecule has 0 aliphatic carbocycles. The molecule has 0 bridgehead atoms. The van der Waals surface area contributed by atoms with E-state index in [2.05, 4.69) is 9.97 Å². The molecule has 1 aromatic carbocycles. The molecule has 2 aromatic heterocycles. The van der Waals surface area contributed by atoms with Gasteiger partial charge in [-0.25, -0.2) is 8.42 Å². The van der Waals surface area contributed by atoms with Crippen molar-refractivity contribution in [1.29, 1.82) is 0 Å². The van der Waals surface area contributed by atoms with Gasteiger partial charge in [0.1, 0.15) is 0 Å². The highest BCUT2D eigenvalue weighted by molar-refractivity contribution is 8.13. The molecule has 0 N–H and O–H groups in total. The normalized spacial score (nSPS) is 11.3. The zero-order valence-electron chi connectivity index (χ0n) is 11.3. The van der Waals surface area contributed by atoms with Gasteiger partial charge in [-0.3, -0.25) is 9.97 Å². The molecule has 0 unspecified atom stereocenters. The van der Waals surface area contributed by atoms with Crippen LogP contribution in [0, 0.1) is 0 Å². The van der Waals surface area contributed by atoms with Crippen molar-refractivity contribution in [3.05, 3.63) is 67.3 Å². The Morgan fingerprint density at radius 2 is 1.23 bits per heavy atom. The molecule has 0 fully saturated rings. The van der Waals surface area contributed by atoms with Crippen LogP contribution in [0.1, 0.15) is 0 Å². The highest BCUT2D eigenvalue weighted by atomic mass is 35.7. The molecule has 2 heterocycles. The van der Waals surface area contributed by atoms with Gasteiger partial charge in [-0.2, -0.15) is 0 Å². The second kappa shape index (κ2) is 5.87. The van der Waals surface area contributed by atoms with Gasteiger partial charge in [0.25, 0.3) is 9.05 Å². The van der Waals surface area contributed by atoms with Crippen molar-refractivity contribution in [2.24, 2.45) is 0 Å². The Morgan fingerprint density at radius 3 is 1.73 bits per heavy atom. The van der Waals surface area contributed by atoms with E-state index < -0.39 is 9.05 Å². The molecule has 0 atom stereocenters. The van der Waals surface area contributed by atoms with Gasteiger partial charge in [-0.1, -0.05) is 6.07 Å². The fourth-order valence-corrected chi connectivity index (χ4v) is 3.01. The number of halogens is 1. The number of pyridine rings is 2. The summed E-state index contributed by atoms with van der Waals surface area (Å²) < 4.78 is 23.2. The van der Waals surface area contributed by atoms with E-state index in [4.69, 9.17) is 10.7 Å². The molecule has 0 spiro atoms. The van der Waals surface area contributed by atoms with E-state index in [0.29, 0.717) is 0 Å². The lowest BCUT2D eigenvalue weighted by Crippen LogP contribution is -1.93. The topological polar surface area (TPSA) is 59.9 Å². The molecule has 0 aliphatic heterocycles. The smallest absolute Gasteiger partial charge is 0.261 e. The first kappa shape index (κ1) is 14.7. The average Bonchev–Trinajstić information content (AvgIpc) is 2.55. The van der Waals surface area contributed by atoms with Gasteiger partial charge < -0.3 is 0 Å². The minimum Gasteiger partial charge on any atom is -0.265 e. The largest absolute Gasteiger partial charge is 0.265 e. The number of rotatable bonds is 3. The predicted molar refractivity (Wildman–Crippen MR) is 85.9 cm³/mol. The van der Waals surface area contributed by atoms with Crippen LogP contribution in [0.2, 0.25) is 0 Å². The Labute approximate surface area is 132 Å². The summed E-state index contributed by atoms with van der Waals surface area (Å²) in [6, 6.07) is 12.2. The molecular weight excluding hydrogens is 320 g/mol. The molecule has 3 rings (SSSR count). The van der Waals surface area contributed by atoms with Crippen molar-refractivity contribution in [3.8, 4) is 22.3 Å². The molecule has 3 aromatic rings. The van der Waals surface area contributed by atoms with Crippen LogP contribution in [0.3, 0.4) is 0 Å². The summed E-state index contributed by atoms with van der Waals surface area (Å²) in [6.07, 6.45) is 6.71. The maximum absolute atomic E-state index is 11.6. The predicted octanol–water partition coefficient (Wildman–Crippen LogP) is 3.74. The Bertz CT molecular complexity index is 898. The van der Waals surface area contributed by atoms with Crippen molar-refractivity contribution < 1.29 is 8.42 Å². The summed E-state index contributed by atoms with van der Waals surface area (Å²) in [4.78, 5) is 8.06. The van der Waals surface area contributed by atoms with Gasteiger partial charge >= 0.3 is 0 Å². The first-order valence-corrected chi connectivity index (χ1v) is 8.76. The van der Waals surface area contributed by atoms with Gasteiger partial charge in [0.2, 0.25) is 0 Å². The second-order valence-electron chi connectivity index (χ2n) is 4.62. The Kier molecular flexibility index (Phi) is 3.92. The van der Waals surface area contributed by atoms with Crippen LogP contribution >= 0.6 is 10.7 Å². The molecule has 0 aliphatic rings. The van der Waals surface area contributed by atoms with Crippen LogP contribution in [-0.4, -0.2) is 18.4 Å². The molecule has 0 saturated heterocycles. The van der Waals surface area contributed by atoms with E-state index in [1.54, 1.807) is 36.9 Å². The first-order chi connectivity index (χ1) is 10.6. The van der Waals surface area contributed by atoms with Crippen molar-refractivity contribution in [1.82, 2.24) is 9.97 Å². The Balaban J connectivity index is 2.27. The third-order valence-electron chi connectivity index (χ3n) is 3.26. The van der Waals surface area contributed by atoms with E-state index in [9.17, 15) is 8.42 Å². The summed E-state index contributed by atoms with van der Waals surface area (Å²) in [7, 11) is 1.68. The first-order valence-electron chi connectivity index (χ1n) is 6.45. The fourth-order valence-electron chi connectivity index (χ4n) is 2.23. The number of aromatic nitrogens is 2. The Hall–Kier alpha value is -2.24. The molecule has 22 heavy (non-hydrogen) atoms. The number of benzene rings is 1. The average molecular weight is 331 g/mol. The summed E-state index contributed by atoms with van der Waals surface area (Å²) in [5.74, 6) is 0. The molecule has 0 amide bonds. The third kappa shape index (κ3) is 3.00. The van der Waals surface area contributed by atoms with Crippen molar-refractivity contribution in [2.75, 3.05) is 0 Å². The van der Waals surface area contributed by atoms with Crippen LogP contribution in [-0.2, 0) is 9.05 Å². The lowest BCUT2D eigenvalue weighted by molar-refractivity contribution is 0.609. The number of hydrogen-bond acceptors (Lipinski definition) is 4. The standard InChI is InChI=1S/C16H11ClN2O2S/c17-22(20,21)14-1-2-15(12-3-7-18-8-4-12)16(11-14)13-5-9-19-10-6-13/h1-11H. The minimum absolute atomic E-state index is 0.0683. The summed E-state index contributed by atoms with van der Waals surface area (Å²) >= 11 is 0. The number of hydrogen-bond donors (Lipinski definition) is 0. The minimum atomic E-state index is -3.79. The molecule has 4 nitrogen and oxygen atoms in total. The monoisotopic (exact) mass is 330 g/mol. The van der Waals surface area contributed by atoms with E-state index >= 15 is 0 Å². The number of nitrogens with zero attached hydrogens (tertiary/aromatic N) is 2. The molecule has 110 valence electrons. The van der Waals surface area contributed by atoms with E-state index in [0.717, 1.165) is 22.3 Å². The van der Waals surface area contributed by atoms with Gasteiger partial charge in [0.05, 0.1) is 4.90 Å². The highest BCUT2D eigenvalue weighted by Gasteiger charge is 2.15. The quantitative estimate of drug-likeness (QED) is 0.686. The zero-order valence-corrected chi connectivity index (χ0v) is 12.9. The second-order valence-corrected chi connectivity index (χ2v) is 7.18. The Morgan fingerprint density at radius 1 is 0.727 bits per heavy atom. The lowest BCUT2D eigenvalue weighted by atomic mass is 9.96. The molecule has 0 saturated carbocycles. The van der Waals surface area contributed by atoms with E-state index in [-0.39, 0.29) is 4.90 Å². The van der Waals surface area contributed by atoms with Crippen LogP contribution in [0.25, 0.3) is 22.3 Å². The molecule has 6 heteroatoms. The van der Waals surface area contributed by atoms with Crippen LogP contribution in [0.5, 0.6) is 0 Å². The summed E-state index contributed by atoms with van der Waals surface area (Å²) in [5.41, 5.74) is 3.48. The van der Waals surface area contributed by atoms with E-state index in [1.165, 1.54) is 6.07 Å². The van der Waals surface area contributed by atoms with Gasteiger partial charge in [0.15, 0.2) is 0 Å². The maximum atomic E-state index is 11.6. The third-order valence-corrected chi connectivity index (χ3v) is 4.61. The summed E-state index contributed by atoms with van der Waals surface area (Å²) in [6.45, 7) is 0. The van der Waals surface area contributed by atoms with E-state index in [1.807, 2.05) is 24.3 Å². The molecular formula is C16H11ClN2O2S. The van der Waals surface area contributed by atoms with Crippen molar-refractivity contribution in [2.45, 2.75) is 4.90 Å². The van der Waals surface area contributed by atoms with Crippen molar-refractivity contribution >= 4 is 19.7 Å². The highest BCUT2D eigenvalue weighted by Crippen LogP contribution is 2.34. The van der Waals surface area contributed by atoms with Gasteiger partial charge in [-0.15, -0.1) is 0 Å². The zero-order chi connectivity index (χ0) is 15.6.